The first-order valence-electron chi connectivity index (χ1n) is 12.8. The lowest BCUT2D eigenvalue weighted by molar-refractivity contribution is 0.0918. The average Bonchev–Trinajstić information content (AvgIpc) is 3.61. The van der Waals surface area contributed by atoms with E-state index in [4.69, 9.17) is 16.6 Å². The Morgan fingerprint density at radius 2 is 2.02 bits per heavy atom. The van der Waals surface area contributed by atoms with Crippen LogP contribution in [-0.2, 0) is 10.8 Å². The van der Waals surface area contributed by atoms with Gasteiger partial charge in [-0.25, -0.2) is 14.4 Å². The first-order valence-corrected chi connectivity index (χ1v) is 14.7. The molecular formula is C28H25ClFN7O2S. The van der Waals surface area contributed by atoms with Crippen molar-refractivity contribution in [2.45, 2.75) is 42.7 Å². The molecule has 12 heteroatoms. The van der Waals surface area contributed by atoms with Crippen LogP contribution in [-0.4, -0.2) is 52.1 Å². The number of fused-ring (bicyclic) bond motifs is 1. The molecule has 3 aromatic heterocycles. The largest absolute Gasteiger partial charge is 0.349 e. The smallest absolute Gasteiger partial charge is 0.252 e. The van der Waals surface area contributed by atoms with Crippen molar-refractivity contribution in [2.24, 2.45) is 0 Å². The molecule has 9 nitrogen and oxygen atoms in total. The number of pyridine rings is 1. The lowest BCUT2D eigenvalue weighted by Crippen LogP contribution is -2.39. The van der Waals surface area contributed by atoms with Crippen molar-refractivity contribution in [3.63, 3.8) is 0 Å². The van der Waals surface area contributed by atoms with E-state index in [1.165, 1.54) is 18.6 Å². The van der Waals surface area contributed by atoms with Crippen LogP contribution in [0.25, 0.3) is 33.9 Å². The van der Waals surface area contributed by atoms with Gasteiger partial charge in [0.1, 0.15) is 29.2 Å². The van der Waals surface area contributed by atoms with E-state index >= 15 is 4.39 Å². The Kier molecular flexibility index (Phi) is 7.16. The van der Waals surface area contributed by atoms with Gasteiger partial charge in [0.15, 0.2) is 5.82 Å². The molecule has 2 N–H and O–H groups in total. The maximum atomic E-state index is 15.0. The van der Waals surface area contributed by atoms with Gasteiger partial charge in [0.05, 0.1) is 38.5 Å². The monoisotopic (exact) mass is 577 g/mol. The van der Waals surface area contributed by atoms with Gasteiger partial charge in [-0.1, -0.05) is 23.7 Å². The molecule has 204 valence electrons. The van der Waals surface area contributed by atoms with Gasteiger partial charge < -0.3 is 9.88 Å². The number of aromatic nitrogens is 6. The third-order valence-electron chi connectivity index (χ3n) is 7.19. The second kappa shape index (κ2) is 10.9. The third kappa shape index (κ3) is 5.02. The van der Waals surface area contributed by atoms with Crippen LogP contribution in [0.2, 0.25) is 5.02 Å². The van der Waals surface area contributed by atoms with Crippen molar-refractivity contribution >= 4 is 39.3 Å². The van der Waals surface area contributed by atoms with E-state index in [1.807, 2.05) is 6.07 Å². The Labute approximate surface area is 236 Å². The van der Waals surface area contributed by atoms with Crippen LogP contribution in [0.5, 0.6) is 0 Å². The minimum atomic E-state index is -1.35. The van der Waals surface area contributed by atoms with Crippen molar-refractivity contribution in [3.05, 3.63) is 77.5 Å². The number of hydrogen-bond donors (Lipinski definition) is 2. The Bertz CT molecular complexity index is 1740. The number of benzene rings is 2. The van der Waals surface area contributed by atoms with E-state index in [-0.39, 0.29) is 23.8 Å². The number of nitrogens with one attached hydrogen (secondary N) is 2. The Morgan fingerprint density at radius 3 is 2.80 bits per heavy atom. The Morgan fingerprint density at radius 1 is 1.18 bits per heavy atom. The molecule has 0 radical (unpaired) electrons. The topological polar surface area (TPSA) is 118 Å². The summed E-state index contributed by atoms with van der Waals surface area (Å²) in [5.41, 5.74) is 2.70. The number of hydrogen-bond acceptors (Lipinski definition) is 6. The summed E-state index contributed by atoms with van der Waals surface area (Å²) in [5.74, 6) is 0.325. The highest BCUT2D eigenvalue weighted by atomic mass is 35.5. The molecule has 3 heterocycles. The lowest BCUT2D eigenvalue weighted by Gasteiger charge is -2.32. The van der Waals surface area contributed by atoms with Crippen LogP contribution in [0.3, 0.4) is 0 Å². The van der Waals surface area contributed by atoms with Crippen molar-refractivity contribution in [1.29, 1.82) is 0 Å². The molecule has 3 atom stereocenters. The molecule has 0 aliphatic heterocycles. The second-order valence-corrected chi connectivity index (χ2v) is 11.5. The Balaban J connectivity index is 1.38. The van der Waals surface area contributed by atoms with E-state index in [1.54, 1.807) is 42.6 Å². The van der Waals surface area contributed by atoms with Gasteiger partial charge in [-0.15, -0.1) is 0 Å². The van der Waals surface area contributed by atoms with Gasteiger partial charge >= 0.3 is 0 Å². The van der Waals surface area contributed by atoms with Crippen molar-refractivity contribution < 1.29 is 13.4 Å². The fourth-order valence-electron chi connectivity index (χ4n) is 5.38. The summed E-state index contributed by atoms with van der Waals surface area (Å²) in [5, 5.41) is 10.3. The van der Waals surface area contributed by atoms with Crippen LogP contribution >= 0.6 is 11.6 Å². The van der Waals surface area contributed by atoms with Crippen molar-refractivity contribution in [2.75, 3.05) is 6.26 Å². The fourth-order valence-corrected chi connectivity index (χ4v) is 6.28. The summed E-state index contributed by atoms with van der Waals surface area (Å²) in [6.07, 6.45) is 7.64. The number of carbonyl (C=O) groups excluding carboxylic acids is 1. The van der Waals surface area contributed by atoms with Gasteiger partial charge in [0, 0.05) is 23.4 Å². The number of amides is 1. The summed E-state index contributed by atoms with van der Waals surface area (Å²) in [7, 11) is -1.35. The zero-order valence-electron chi connectivity index (χ0n) is 21.5. The molecule has 1 fully saturated rings. The zero-order valence-corrected chi connectivity index (χ0v) is 23.0. The van der Waals surface area contributed by atoms with Crippen LogP contribution in [0.15, 0.2) is 66.0 Å². The number of rotatable bonds is 6. The fraction of sp³-hybridized carbons (Fsp3) is 0.250. The molecular weight excluding hydrogens is 553 g/mol. The highest BCUT2D eigenvalue weighted by molar-refractivity contribution is 7.84. The molecule has 6 rings (SSSR count). The number of H-pyrrole nitrogens is 1. The summed E-state index contributed by atoms with van der Waals surface area (Å²) in [4.78, 5) is 27.2. The van der Waals surface area contributed by atoms with Gasteiger partial charge in [-0.3, -0.25) is 19.1 Å². The molecule has 1 aliphatic rings. The van der Waals surface area contributed by atoms with E-state index in [0.29, 0.717) is 50.3 Å². The number of carbonyl (C=O) groups is 1. The molecule has 1 amide bonds. The number of nitrogens with zero attached hydrogens (tertiary/aromatic N) is 5. The van der Waals surface area contributed by atoms with Crippen LogP contribution in [0.4, 0.5) is 4.39 Å². The molecule has 40 heavy (non-hydrogen) atoms. The van der Waals surface area contributed by atoms with Gasteiger partial charge in [0.25, 0.3) is 5.91 Å². The first-order chi connectivity index (χ1) is 19.4. The minimum absolute atomic E-state index is 0.0808. The normalized spacial score (nSPS) is 18.1. The quantitative estimate of drug-likeness (QED) is 0.282. The van der Waals surface area contributed by atoms with Gasteiger partial charge in [-0.05, 0) is 62.1 Å². The average molecular weight is 578 g/mol. The third-order valence-corrected chi connectivity index (χ3v) is 8.40. The van der Waals surface area contributed by atoms with E-state index in [0.717, 1.165) is 24.8 Å². The molecule has 5 aromatic rings. The number of aromatic amines is 1. The van der Waals surface area contributed by atoms with Crippen LogP contribution < -0.4 is 5.32 Å². The predicted molar refractivity (Wildman–Crippen MR) is 151 cm³/mol. The molecule has 0 spiro atoms. The zero-order chi connectivity index (χ0) is 27.8. The summed E-state index contributed by atoms with van der Waals surface area (Å²) >= 11 is 6.16. The van der Waals surface area contributed by atoms with Gasteiger partial charge in [-0.2, -0.15) is 5.10 Å². The summed E-state index contributed by atoms with van der Waals surface area (Å²) in [6.45, 7) is 0. The van der Waals surface area contributed by atoms with E-state index in [9.17, 15) is 9.00 Å². The SMILES string of the molecule is CS(=O)c1ccc(Cl)cc1C(=O)NC1CCCC(n2c(-c3ccccc3F)nc3cnc(-c4ncn[nH]4)cc32)C1. The molecule has 3 unspecified atom stereocenters. The van der Waals surface area contributed by atoms with Crippen LogP contribution in [0, 0.1) is 5.82 Å². The minimum Gasteiger partial charge on any atom is -0.349 e. The van der Waals surface area contributed by atoms with Crippen LogP contribution in [0.1, 0.15) is 42.1 Å². The maximum Gasteiger partial charge on any atom is 0.252 e. The first kappa shape index (κ1) is 26.3. The highest BCUT2D eigenvalue weighted by Crippen LogP contribution is 2.37. The van der Waals surface area contributed by atoms with E-state index in [2.05, 4.69) is 30.0 Å². The molecule has 1 saturated carbocycles. The number of imidazole rings is 1. The lowest BCUT2D eigenvalue weighted by atomic mass is 9.90. The molecule has 2 aromatic carbocycles. The van der Waals surface area contributed by atoms with Crippen molar-refractivity contribution in [1.82, 2.24) is 35.0 Å². The van der Waals surface area contributed by atoms with Crippen molar-refractivity contribution in [3.8, 4) is 22.9 Å². The molecule has 1 aliphatic carbocycles. The summed E-state index contributed by atoms with van der Waals surface area (Å²) in [6, 6.07) is 13.0. The predicted octanol–water partition coefficient (Wildman–Crippen LogP) is 5.33. The van der Waals surface area contributed by atoms with E-state index < -0.39 is 10.8 Å². The van der Waals surface area contributed by atoms with Gasteiger partial charge in [0.2, 0.25) is 0 Å². The Hall–Kier alpha value is -3.96. The maximum absolute atomic E-state index is 15.0. The standard InChI is InChI=1S/C28H25ClFN7O2S/c1-40(39)25-10-9-16(29)11-20(25)28(38)34-17-5-4-6-18(12-17)37-24-13-22(26-32-15-33-36-26)31-14-23(24)35-27(37)19-7-2-3-8-21(19)30/h2-3,7-11,13-15,17-18H,4-6,12H2,1H3,(H,34,38)(H,32,33,36). The number of halogens is 2. The highest BCUT2D eigenvalue weighted by Gasteiger charge is 2.30. The summed E-state index contributed by atoms with van der Waals surface area (Å²) < 4.78 is 29.3. The molecule has 0 saturated heterocycles. The second-order valence-electron chi connectivity index (χ2n) is 9.76. The molecule has 0 bridgehead atoms.